The largest absolute Gasteiger partial charge is 0.505 e. The van der Waals surface area contributed by atoms with E-state index in [-0.39, 0.29) is 29.7 Å². The van der Waals surface area contributed by atoms with Gasteiger partial charge in [0.25, 0.3) is 0 Å². The highest BCUT2D eigenvalue weighted by Gasteiger charge is 2.67. The third-order valence-corrected chi connectivity index (χ3v) is 6.69. The summed E-state index contributed by atoms with van der Waals surface area (Å²) in [6.45, 7) is 5.13. The molecule has 2 aliphatic carbocycles. The number of piperidine rings is 1. The predicted octanol–water partition coefficient (Wildman–Crippen LogP) is 3.10. The van der Waals surface area contributed by atoms with Gasteiger partial charge in [0.2, 0.25) is 0 Å². The number of fused-ring (bicyclic) bond motifs is 1. The summed E-state index contributed by atoms with van der Waals surface area (Å²) in [5.74, 6) is -0.132. The van der Waals surface area contributed by atoms with E-state index in [1.807, 2.05) is 6.08 Å². The Kier molecular flexibility index (Phi) is 3.80. The maximum atomic E-state index is 12.4. The van der Waals surface area contributed by atoms with Crippen LogP contribution in [0.25, 0.3) is 0 Å². The number of benzene rings is 1. The fourth-order valence-electron chi connectivity index (χ4n) is 5.64. The monoisotopic (exact) mass is 355 g/mol. The fraction of sp³-hybridized carbons (Fsp3) is 0.526. The van der Waals surface area contributed by atoms with Crippen molar-refractivity contribution >= 4 is 11.5 Å². The molecule has 1 saturated carbocycles. The van der Waals surface area contributed by atoms with E-state index in [1.54, 1.807) is 6.07 Å². The van der Waals surface area contributed by atoms with E-state index in [0.29, 0.717) is 44.3 Å². The van der Waals surface area contributed by atoms with Gasteiger partial charge in [0.1, 0.15) is 22.8 Å². The van der Waals surface area contributed by atoms with Gasteiger partial charge in [-0.2, -0.15) is 4.91 Å². The maximum Gasteiger partial charge on any atom is 0.149 e. The van der Waals surface area contributed by atoms with Crippen LogP contribution in [0.15, 0.2) is 35.1 Å². The van der Waals surface area contributed by atoms with Crippen molar-refractivity contribution < 1.29 is 9.90 Å². The number of likely N-dealkylation sites (tertiary alicyclic amines) is 1. The van der Waals surface area contributed by atoms with Crippen LogP contribution in [-0.4, -0.2) is 40.5 Å². The molecule has 1 aliphatic heterocycles. The Bertz CT molecular complexity index is 823. The zero-order valence-corrected chi connectivity index (χ0v) is 14.5. The van der Waals surface area contributed by atoms with Gasteiger partial charge in [-0.3, -0.25) is 9.69 Å². The third kappa shape index (κ3) is 1.95. The summed E-state index contributed by atoms with van der Waals surface area (Å²) in [6, 6.07) is 3.13. The second-order valence-corrected chi connectivity index (χ2v) is 7.63. The van der Waals surface area contributed by atoms with Crippen LogP contribution in [-0.2, 0) is 16.6 Å². The Balaban J connectivity index is 2.01. The second kappa shape index (κ2) is 5.81. The van der Waals surface area contributed by atoms with Crippen LogP contribution in [0.5, 0.6) is 5.75 Å². The van der Waals surface area contributed by atoms with Crippen LogP contribution in [0.2, 0.25) is 0 Å². The van der Waals surface area contributed by atoms with Crippen LogP contribution in [0, 0.1) is 9.81 Å². The first kappa shape index (κ1) is 17.0. The SMILES string of the molecule is C=CCN1CC[C@]23CC(=O)CCC2(N=O)[C@H]1Cc1ccc(N=O)c(O)c13. The number of ketones is 1. The highest BCUT2D eigenvalue weighted by molar-refractivity contribution is 5.83. The first-order valence-electron chi connectivity index (χ1n) is 8.93. The van der Waals surface area contributed by atoms with Gasteiger partial charge in [0, 0.05) is 36.4 Å². The third-order valence-electron chi connectivity index (χ3n) is 6.69. The highest BCUT2D eigenvalue weighted by Crippen LogP contribution is 2.61. The molecule has 2 fully saturated rings. The lowest BCUT2D eigenvalue weighted by atomic mass is 9.48. The maximum absolute atomic E-state index is 12.4. The number of nitroso groups, excluding NO2 is 2. The summed E-state index contributed by atoms with van der Waals surface area (Å²) in [5, 5.41) is 17.3. The van der Waals surface area contributed by atoms with Crippen molar-refractivity contribution in [2.45, 2.75) is 49.1 Å². The van der Waals surface area contributed by atoms with Crippen molar-refractivity contribution in [3.8, 4) is 5.75 Å². The van der Waals surface area contributed by atoms with Crippen molar-refractivity contribution in [1.82, 2.24) is 4.90 Å². The summed E-state index contributed by atoms with van der Waals surface area (Å²) in [5.41, 5.74) is -0.513. The molecular weight excluding hydrogens is 334 g/mol. The number of phenols is 1. The van der Waals surface area contributed by atoms with E-state index in [2.05, 4.69) is 21.8 Å². The number of carbonyl (C=O) groups is 1. The predicted molar refractivity (Wildman–Crippen MR) is 96.5 cm³/mol. The molecular formula is C19H21N3O4. The molecule has 0 amide bonds. The van der Waals surface area contributed by atoms with Gasteiger partial charge in [-0.15, -0.1) is 11.5 Å². The van der Waals surface area contributed by atoms with Crippen molar-refractivity contribution in [2.24, 2.45) is 10.4 Å². The van der Waals surface area contributed by atoms with E-state index < -0.39 is 11.0 Å². The van der Waals surface area contributed by atoms with Gasteiger partial charge in [0.15, 0.2) is 0 Å². The lowest BCUT2D eigenvalue weighted by molar-refractivity contribution is -0.128. The lowest BCUT2D eigenvalue weighted by Crippen LogP contribution is -2.72. The normalized spacial score (nSPS) is 33.1. The van der Waals surface area contributed by atoms with Gasteiger partial charge in [-0.05, 0) is 42.6 Å². The van der Waals surface area contributed by atoms with E-state index >= 15 is 0 Å². The topological polar surface area (TPSA) is 99.4 Å². The molecule has 1 unspecified atom stereocenters. The molecule has 136 valence electrons. The highest BCUT2D eigenvalue weighted by atomic mass is 16.3. The van der Waals surface area contributed by atoms with Crippen LogP contribution in [0.4, 0.5) is 5.69 Å². The number of Topliss-reactive ketones (excluding diaryl/α,β-unsaturated/α-hetero) is 1. The van der Waals surface area contributed by atoms with Crippen LogP contribution < -0.4 is 0 Å². The molecule has 4 rings (SSSR count). The number of rotatable bonds is 4. The first-order valence-corrected chi connectivity index (χ1v) is 8.93. The van der Waals surface area contributed by atoms with Crippen LogP contribution in [0.1, 0.15) is 36.8 Å². The summed E-state index contributed by atoms with van der Waals surface area (Å²) in [4.78, 5) is 38.0. The minimum absolute atomic E-state index is 0.0529. The molecule has 0 spiro atoms. The quantitative estimate of drug-likeness (QED) is 0.661. The van der Waals surface area contributed by atoms with Crippen molar-refractivity contribution in [1.29, 1.82) is 0 Å². The molecule has 3 aliphatic rings. The van der Waals surface area contributed by atoms with Gasteiger partial charge >= 0.3 is 0 Å². The average molecular weight is 355 g/mol. The fourth-order valence-corrected chi connectivity index (χ4v) is 5.64. The van der Waals surface area contributed by atoms with E-state index in [4.69, 9.17) is 0 Å². The Morgan fingerprint density at radius 3 is 2.85 bits per heavy atom. The summed E-state index contributed by atoms with van der Waals surface area (Å²) in [7, 11) is 0. The number of hydrogen-bond acceptors (Lipinski definition) is 7. The number of aromatic hydroxyl groups is 1. The van der Waals surface area contributed by atoms with Gasteiger partial charge in [-0.1, -0.05) is 17.3 Å². The summed E-state index contributed by atoms with van der Waals surface area (Å²) in [6.07, 6.45) is 3.72. The molecule has 0 radical (unpaired) electrons. The van der Waals surface area contributed by atoms with Gasteiger partial charge in [-0.25, -0.2) is 0 Å². The second-order valence-electron chi connectivity index (χ2n) is 7.63. The minimum atomic E-state index is -0.992. The summed E-state index contributed by atoms with van der Waals surface area (Å²) < 4.78 is 0. The number of phenolic OH excluding ortho intramolecular Hbond substituents is 1. The molecule has 7 heteroatoms. The molecule has 1 heterocycles. The van der Waals surface area contributed by atoms with Crippen molar-refractivity contribution in [2.75, 3.05) is 13.1 Å². The van der Waals surface area contributed by atoms with Crippen LogP contribution in [0.3, 0.4) is 0 Å². The number of hydrogen-bond donors (Lipinski definition) is 1. The van der Waals surface area contributed by atoms with Crippen LogP contribution >= 0.6 is 0 Å². The summed E-state index contributed by atoms with van der Waals surface area (Å²) >= 11 is 0. The Morgan fingerprint density at radius 1 is 1.35 bits per heavy atom. The molecule has 1 N–H and O–H groups in total. The van der Waals surface area contributed by atoms with Crippen molar-refractivity contribution in [3.05, 3.63) is 45.7 Å². The molecule has 2 bridgehead atoms. The zero-order valence-electron chi connectivity index (χ0n) is 14.5. The average Bonchev–Trinajstić information content (AvgIpc) is 2.63. The van der Waals surface area contributed by atoms with E-state index in [1.165, 1.54) is 6.07 Å². The first-order chi connectivity index (χ1) is 12.5. The molecule has 7 nitrogen and oxygen atoms in total. The Hall–Kier alpha value is -2.41. The number of nitrogens with zero attached hydrogens (tertiary/aromatic N) is 3. The Labute approximate surface area is 151 Å². The van der Waals surface area contributed by atoms with Gasteiger partial charge in [0.05, 0.1) is 0 Å². The van der Waals surface area contributed by atoms with Crippen molar-refractivity contribution in [3.63, 3.8) is 0 Å². The zero-order chi connectivity index (χ0) is 18.5. The standard InChI is InChI=1S/C19H21N3O4/c1-2-8-22-9-7-18-11-13(23)5-6-19(18,21-26)15(22)10-12-3-4-14(20-25)17(24)16(12)18/h2-4,15,24H,1,5-11H2/t15-,18-,19?/m1/s1. The molecule has 1 aromatic carbocycles. The van der Waals surface area contributed by atoms with Gasteiger partial charge < -0.3 is 5.11 Å². The molecule has 3 atom stereocenters. The Morgan fingerprint density at radius 2 is 2.15 bits per heavy atom. The molecule has 0 aromatic heterocycles. The number of carbonyl (C=O) groups excluding carboxylic acids is 1. The lowest BCUT2D eigenvalue weighted by Gasteiger charge is -2.62. The minimum Gasteiger partial charge on any atom is -0.505 e. The van der Waals surface area contributed by atoms with E-state index in [0.717, 1.165) is 5.56 Å². The molecule has 26 heavy (non-hydrogen) atoms. The molecule has 1 aromatic rings. The van der Waals surface area contributed by atoms with E-state index in [9.17, 15) is 19.7 Å². The molecule has 1 saturated heterocycles. The smallest absolute Gasteiger partial charge is 0.149 e.